The smallest absolute Gasteiger partial charge is 0.245 e. The van der Waals surface area contributed by atoms with Gasteiger partial charge in [0.15, 0.2) is 0 Å². The van der Waals surface area contributed by atoms with E-state index in [1.54, 1.807) is 24.4 Å². The molecule has 2 fully saturated rings. The van der Waals surface area contributed by atoms with Crippen LogP contribution in [0.15, 0.2) is 41.4 Å². The van der Waals surface area contributed by atoms with Crippen LogP contribution in [0.4, 0.5) is 0 Å². The SMILES string of the molecule is O=S(=O)(c1cccc2cccnc12)N1CCOC2(CCOC2)C1. The van der Waals surface area contributed by atoms with Crippen molar-refractivity contribution >= 4 is 20.9 Å². The molecule has 0 bridgehead atoms. The first kappa shape index (κ1) is 15.0. The van der Waals surface area contributed by atoms with Crippen LogP contribution in [0.1, 0.15) is 6.42 Å². The highest BCUT2D eigenvalue weighted by Gasteiger charge is 2.44. The van der Waals surface area contributed by atoms with Gasteiger partial charge in [-0.25, -0.2) is 8.42 Å². The second-order valence-corrected chi connectivity index (χ2v) is 7.91. The fourth-order valence-electron chi connectivity index (χ4n) is 3.27. The Bertz CT molecular complexity index is 826. The normalized spacial score (nSPS) is 26.1. The second kappa shape index (κ2) is 5.52. The summed E-state index contributed by atoms with van der Waals surface area (Å²) in [6.07, 6.45) is 2.35. The number of sulfonamides is 1. The maximum Gasteiger partial charge on any atom is 0.245 e. The third-order valence-corrected chi connectivity index (χ3v) is 6.37. The maximum atomic E-state index is 13.1. The number of hydrogen-bond donors (Lipinski definition) is 0. The minimum Gasteiger partial charge on any atom is -0.378 e. The summed E-state index contributed by atoms with van der Waals surface area (Å²) in [6.45, 7) is 2.14. The van der Waals surface area contributed by atoms with Crippen molar-refractivity contribution in [3.05, 3.63) is 36.5 Å². The number of rotatable bonds is 2. The molecule has 1 unspecified atom stereocenters. The molecule has 0 radical (unpaired) electrons. The third-order valence-electron chi connectivity index (χ3n) is 4.49. The lowest BCUT2D eigenvalue weighted by Gasteiger charge is -2.38. The van der Waals surface area contributed by atoms with Gasteiger partial charge in [0.2, 0.25) is 10.0 Å². The van der Waals surface area contributed by atoms with Crippen LogP contribution in [0.5, 0.6) is 0 Å². The van der Waals surface area contributed by atoms with Crippen LogP contribution in [0.3, 0.4) is 0 Å². The molecule has 0 N–H and O–H groups in total. The Balaban J connectivity index is 1.74. The predicted molar refractivity (Wildman–Crippen MR) is 84.6 cm³/mol. The van der Waals surface area contributed by atoms with Crippen molar-refractivity contribution in [3.8, 4) is 0 Å². The summed E-state index contributed by atoms with van der Waals surface area (Å²) in [5.74, 6) is 0. The highest BCUT2D eigenvalue weighted by molar-refractivity contribution is 7.89. The summed E-state index contributed by atoms with van der Waals surface area (Å²) in [4.78, 5) is 4.53. The van der Waals surface area contributed by atoms with E-state index in [-0.39, 0.29) is 4.90 Å². The molecular weight excluding hydrogens is 316 g/mol. The number of ether oxygens (including phenoxy) is 2. The minimum absolute atomic E-state index is 0.256. The van der Waals surface area contributed by atoms with Gasteiger partial charge in [-0.2, -0.15) is 4.31 Å². The first-order valence-electron chi connectivity index (χ1n) is 7.66. The lowest BCUT2D eigenvalue weighted by Crippen LogP contribution is -2.54. The quantitative estimate of drug-likeness (QED) is 0.831. The third kappa shape index (κ3) is 2.53. The number of nitrogens with zero attached hydrogens (tertiary/aromatic N) is 2. The molecule has 1 spiro atoms. The summed E-state index contributed by atoms with van der Waals surface area (Å²) in [5, 5.41) is 0.820. The molecule has 1 atom stereocenters. The minimum atomic E-state index is -3.62. The number of para-hydroxylation sites is 1. The first-order valence-corrected chi connectivity index (χ1v) is 9.10. The Morgan fingerprint density at radius 3 is 2.87 bits per heavy atom. The molecule has 1 aromatic heterocycles. The van der Waals surface area contributed by atoms with Crippen LogP contribution in [0.2, 0.25) is 0 Å². The van der Waals surface area contributed by atoms with Crippen molar-refractivity contribution in [2.24, 2.45) is 0 Å². The van der Waals surface area contributed by atoms with Gasteiger partial charge >= 0.3 is 0 Å². The van der Waals surface area contributed by atoms with Crippen molar-refractivity contribution in [2.75, 3.05) is 32.9 Å². The lowest BCUT2D eigenvalue weighted by atomic mass is 10.0. The molecule has 1 aromatic carbocycles. The summed E-state index contributed by atoms with van der Waals surface area (Å²) in [5.41, 5.74) is 0.0155. The van der Waals surface area contributed by atoms with E-state index in [4.69, 9.17) is 9.47 Å². The monoisotopic (exact) mass is 334 g/mol. The van der Waals surface area contributed by atoms with Gasteiger partial charge in [0.25, 0.3) is 0 Å². The molecule has 0 amide bonds. The van der Waals surface area contributed by atoms with Gasteiger partial charge in [0.05, 0.1) is 18.7 Å². The summed E-state index contributed by atoms with van der Waals surface area (Å²) >= 11 is 0. The molecule has 6 nitrogen and oxygen atoms in total. The molecule has 2 saturated heterocycles. The molecule has 23 heavy (non-hydrogen) atoms. The topological polar surface area (TPSA) is 68.7 Å². The number of aromatic nitrogens is 1. The van der Waals surface area contributed by atoms with Crippen LogP contribution < -0.4 is 0 Å². The van der Waals surface area contributed by atoms with E-state index in [0.717, 1.165) is 11.8 Å². The van der Waals surface area contributed by atoms with E-state index in [2.05, 4.69) is 4.98 Å². The predicted octanol–water partition coefficient (Wildman–Crippen LogP) is 1.41. The Kier molecular flexibility index (Phi) is 3.60. The number of pyridine rings is 1. The molecule has 2 aliphatic rings. The standard InChI is InChI=1S/C16H18N2O4S/c19-23(20,14-5-1-3-13-4-2-7-17-15(13)14)18-8-10-22-16(11-18)6-9-21-12-16/h1-5,7H,6,8-12H2. The number of benzene rings is 1. The van der Waals surface area contributed by atoms with Crippen molar-refractivity contribution in [3.63, 3.8) is 0 Å². The Morgan fingerprint density at radius 2 is 2.04 bits per heavy atom. The highest BCUT2D eigenvalue weighted by Crippen LogP contribution is 2.31. The zero-order valence-electron chi connectivity index (χ0n) is 12.6. The van der Waals surface area contributed by atoms with E-state index < -0.39 is 15.6 Å². The van der Waals surface area contributed by atoms with Crippen LogP contribution in [0.25, 0.3) is 10.9 Å². The average Bonchev–Trinajstić information content (AvgIpc) is 3.02. The zero-order valence-corrected chi connectivity index (χ0v) is 13.5. The molecule has 0 aliphatic carbocycles. The maximum absolute atomic E-state index is 13.1. The summed E-state index contributed by atoms with van der Waals surface area (Å²) in [6, 6.07) is 8.92. The van der Waals surface area contributed by atoms with Crippen molar-refractivity contribution in [1.29, 1.82) is 0 Å². The number of hydrogen-bond acceptors (Lipinski definition) is 5. The largest absolute Gasteiger partial charge is 0.378 e. The molecule has 0 saturated carbocycles. The van der Waals surface area contributed by atoms with E-state index in [9.17, 15) is 8.42 Å². The van der Waals surface area contributed by atoms with Crippen LogP contribution in [-0.4, -0.2) is 56.2 Å². The van der Waals surface area contributed by atoms with Gasteiger partial charge < -0.3 is 9.47 Å². The Labute approximate surface area is 135 Å². The second-order valence-electron chi connectivity index (χ2n) is 6.00. The molecule has 3 heterocycles. The summed E-state index contributed by atoms with van der Waals surface area (Å²) in [7, 11) is -3.62. The number of fused-ring (bicyclic) bond motifs is 1. The fourth-order valence-corrected chi connectivity index (χ4v) is 4.93. The van der Waals surface area contributed by atoms with Gasteiger partial charge in [-0.3, -0.25) is 4.98 Å². The Morgan fingerprint density at radius 1 is 1.17 bits per heavy atom. The Hall–Kier alpha value is -1.54. The van der Waals surface area contributed by atoms with Crippen LogP contribution in [-0.2, 0) is 19.5 Å². The zero-order chi connectivity index (χ0) is 15.9. The average molecular weight is 334 g/mol. The number of morpholine rings is 1. The van der Waals surface area contributed by atoms with Crippen LogP contribution in [0, 0.1) is 0 Å². The molecule has 2 aliphatic heterocycles. The lowest BCUT2D eigenvalue weighted by molar-refractivity contribution is -0.0897. The van der Waals surface area contributed by atoms with Crippen molar-refractivity contribution < 1.29 is 17.9 Å². The molecule has 4 rings (SSSR count). The van der Waals surface area contributed by atoms with Crippen LogP contribution >= 0.6 is 0 Å². The van der Waals surface area contributed by atoms with E-state index in [0.29, 0.717) is 38.4 Å². The molecular formula is C16H18N2O4S. The molecule has 7 heteroatoms. The van der Waals surface area contributed by atoms with Crippen molar-refractivity contribution in [2.45, 2.75) is 16.9 Å². The summed E-state index contributed by atoms with van der Waals surface area (Å²) < 4.78 is 39.0. The van der Waals surface area contributed by atoms with Gasteiger partial charge in [0.1, 0.15) is 10.5 Å². The van der Waals surface area contributed by atoms with E-state index >= 15 is 0 Å². The van der Waals surface area contributed by atoms with E-state index in [1.165, 1.54) is 4.31 Å². The molecule has 122 valence electrons. The van der Waals surface area contributed by atoms with Gasteiger partial charge in [-0.15, -0.1) is 0 Å². The van der Waals surface area contributed by atoms with Gasteiger partial charge in [-0.05, 0) is 12.1 Å². The highest BCUT2D eigenvalue weighted by atomic mass is 32.2. The van der Waals surface area contributed by atoms with E-state index in [1.807, 2.05) is 12.1 Å². The van der Waals surface area contributed by atoms with Crippen molar-refractivity contribution in [1.82, 2.24) is 9.29 Å². The molecule has 2 aromatic rings. The van der Waals surface area contributed by atoms with Gasteiger partial charge in [-0.1, -0.05) is 18.2 Å². The first-order chi connectivity index (χ1) is 11.1. The fraction of sp³-hybridized carbons (Fsp3) is 0.438. The van der Waals surface area contributed by atoms with Gasteiger partial charge in [0, 0.05) is 37.7 Å².